The highest BCUT2D eigenvalue weighted by Gasteiger charge is 2.61. The van der Waals surface area contributed by atoms with Crippen molar-refractivity contribution in [2.45, 2.75) is 167 Å². The molecule has 0 aromatic carbocycles. The Morgan fingerprint density at radius 3 is 1.91 bits per heavy atom. The summed E-state index contributed by atoms with van der Waals surface area (Å²) in [5.41, 5.74) is 8.29. The minimum atomic E-state index is 0. The molecule has 0 saturated heterocycles. The topological polar surface area (TPSA) is 26.0 Å². The van der Waals surface area contributed by atoms with Gasteiger partial charge in [0.1, 0.15) is 0 Å². The molecule has 0 aromatic rings. The van der Waals surface area contributed by atoms with Gasteiger partial charge in [-0.2, -0.15) is 0 Å². The Morgan fingerprint density at radius 1 is 0.818 bits per heavy atom. The summed E-state index contributed by atoms with van der Waals surface area (Å²) in [6.45, 7) is 23.5. The Balaban J connectivity index is 0. The molecular weight excluding hydrogens is 398 g/mol. The van der Waals surface area contributed by atoms with Gasteiger partial charge >= 0.3 is 0 Å². The van der Waals surface area contributed by atoms with Gasteiger partial charge in [-0.15, -0.1) is 0 Å². The summed E-state index contributed by atoms with van der Waals surface area (Å²) in [4.78, 5) is 0. The summed E-state index contributed by atoms with van der Waals surface area (Å²) in [5.74, 6) is 4.14. The second-order valence-electron chi connectivity index (χ2n) is 12.0. The summed E-state index contributed by atoms with van der Waals surface area (Å²) >= 11 is 0. The average molecular weight is 468 g/mol. The van der Waals surface area contributed by atoms with Gasteiger partial charge in [-0.05, 0) is 78.9 Å². The first kappa shape index (κ1) is 35.1. The lowest BCUT2D eigenvalue weighted by Crippen LogP contribution is -2.65. The fourth-order valence-corrected chi connectivity index (χ4v) is 8.49. The molecule has 0 spiro atoms. The molecule has 0 bridgehead atoms. The molecule has 0 heterocycles. The molecule has 2 N–H and O–H groups in total. The predicted molar refractivity (Wildman–Crippen MR) is 155 cm³/mol. The Labute approximate surface area is 212 Å². The van der Waals surface area contributed by atoms with E-state index in [0.29, 0.717) is 10.8 Å². The molecule has 0 aliphatic heterocycles. The van der Waals surface area contributed by atoms with Crippen molar-refractivity contribution in [1.29, 1.82) is 0 Å². The molecule has 7 unspecified atom stereocenters. The zero-order valence-electron chi connectivity index (χ0n) is 23.4. The van der Waals surface area contributed by atoms with Crippen molar-refractivity contribution in [1.82, 2.24) is 0 Å². The molecule has 1 nitrogen and oxygen atoms in total. The molecule has 33 heavy (non-hydrogen) atoms. The van der Waals surface area contributed by atoms with E-state index in [2.05, 4.69) is 55.4 Å². The van der Waals surface area contributed by atoms with Crippen molar-refractivity contribution in [2.24, 2.45) is 46.2 Å². The van der Waals surface area contributed by atoms with Crippen LogP contribution in [0.4, 0.5) is 0 Å². The molecule has 0 radical (unpaired) electrons. The maximum Gasteiger partial charge on any atom is 0.0214 e. The van der Waals surface area contributed by atoms with Gasteiger partial charge in [0, 0.05) is 5.54 Å². The lowest BCUT2D eigenvalue weighted by Gasteiger charge is -2.66. The summed E-state index contributed by atoms with van der Waals surface area (Å²) in [5, 5.41) is 0. The first-order chi connectivity index (χ1) is 14.6. The van der Waals surface area contributed by atoms with E-state index < -0.39 is 0 Å². The van der Waals surface area contributed by atoms with Crippen molar-refractivity contribution in [3.05, 3.63) is 0 Å². The molecule has 202 valence electrons. The smallest absolute Gasteiger partial charge is 0.0214 e. The van der Waals surface area contributed by atoms with E-state index in [1.165, 1.54) is 77.0 Å². The van der Waals surface area contributed by atoms with Crippen LogP contribution in [0.25, 0.3) is 0 Å². The highest BCUT2D eigenvalue weighted by atomic mass is 14.8. The molecule has 3 rings (SSSR count). The zero-order chi connectivity index (χ0) is 23.9. The van der Waals surface area contributed by atoms with Crippen LogP contribution in [0, 0.1) is 40.4 Å². The lowest BCUT2D eigenvalue weighted by atomic mass is 9.40. The Kier molecular flexibility index (Phi) is 16.1. The van der Waals surface area contributed by atoms with E-state index in [9.17, 15) is 0 Å². The fourth-order valence-electron chi connectivity index (χ4n) is 8.49. The van der Waals surface area contributed by atoms with E-state index in [0.717, 1.165) is 29.6 Å². The number of fused-ring (bicyclic) bond motifs is 3. The largest absolute Gasteiger partial charge is 0.325 e. The Hall–Kier alpha value is -0.0400. The van der Waals surface area contributed by atoms with Crippen molar-refractivity contribution in [3.63, 3.8) is 0 Å². The molecular formula is C32H69N. The van der Waals surface area contributed by atoms with Crippen molar-refractivity contribution >= 4 is 0 Å². The number of rotatable bonds is 5. The van der Waals surface area contributed by atoms with Gasteiger partial charge in [0.05, 0.1) is 0 Å². The first-order valence-electron chi connectivity index (χ1n) is 14.4. The van der Waals surface area contributed by atoms with Gasteiger partial charge in [0.2, 0.25) is 0 Å². The van der Waals surface area contributed by atoms with Crippen LogP contribution in [0.2, 0.25) is 0 Å². The molecule has 3 saturated carbocycles. The third kappa shape index (κ3) is 6.80. The molecule has 0 amide bonds. The quantitative estimate of drug-likeness (QED) is 0.427. The summed E-state index contributed by atoms with van der Waals surface area (Å²) < 4.78 is 0. The van der Waals surface area contributed by atoms with E-state index in [1.807, 2.05) is 13.8 Å². The van der Waals surface area contributed by atoms with Gasteiger partial charge in [-0.25, -0.2) is 0 Å². The second kappa shape index (κ2) is 15.2. The van der Waals surface area contributed by atoms with E-state index in [1.54, 1.807) is 0 Å². The van der Waals surface area contributed by atoms with Gasteiger partial charge in [0.15, 0.2) is 0 Å². The van der Waals surface area contributed by atoms with Crippen LogP contribution in [0.3, 0.4) is 0 Å². The maximum absolute atomic E-state index is 7.24. The van der Waals surface area contributed by atoms with E-state index >= 15 is 0 Å². The van der Waals surface area contributed by atoms with Crippen LogP contribution >= 0.6 is 0 Å². The summed E-state index contributed by atoms with van der Waals surface area (Å²) in [6.07, 6.45) is 16.5. The van der Waals surface area contributed by atoms with Gasteiger partial charge in [-0.1, -0.05) is 123 Å². The van der Waals surface area contributed by atoms with Crippen molar-refractivity contribution < 1.29 is 0 Å². The average Bonchev–Trinajstić information content (AvgIpc) is 2.73. The normalized spacial score (nSPS) is 35.9. The third-order valence-corrected chi connectivity index (χ3v) is 10.2. The fraction of sp³-hybridized carbons (Fsp3) is 1.00. The van der Waals surface area contributed by atoms with Gasteiger partial charge in [-0.3, -0.25) is 0 Å². The third-order valence-electron chi connectivity index (χ3n) is 10.2. The standard InChI is InChI=1S/C25H47N.C3H8.C2H6.2CH4/c1-7-11-18(3)20(8-2)24(6)17-15-22-21(23(24,4)5)14-13-19-12-9-10-16-25(19,22)26;1-3-2;1-2;;/h18-22H,7-17,26H2,1-6H3;3H2,1-2H3;1-2H3;2*1H4. The number of nitrogens with two attached hydrogens (primary N) is 1. The van der Waals surface area contributed by atoms with Crippen LogP contribution in [-0.4, -0.2) is 5.54 Å². The molecule has 7 atom stereocenters. The monoisotopic (exact) mass is 468 g/mol. The minimum Gasteiger partial charge on any atom is -0.325 e. The Bertz CT molecular complexity index is 497. The predicted octanol–water partition coefficient (Wildman–Crippen LogP) is 10.9. The van der Waals surface area contributed by atoms with Crippen molar-refractivity contribution in [2.75, 3.05) is 0 Å². The minimum absolute atomic E-state index is 0. The molecule has 0 aromatic heterocycles. The molecule has 3 aliphatic carbocycles. The highest BCUT2D eigenvalue weighted by Crippen LogP contribution is 2.66. The highest BCUT2D eigenvalue weighted by molar-refractivity contribution is 5.13. The zero-order valence-corrected chi connectivity index (χ0v) is 23.4. The van der Waals surface area contributed by atoms with Crippen LogP contribution in [0.1, 0.15) is 161 Å². The molecule has 3 fully saturated rings. The van der Waals surface area contributed by atoms with Crippen LogP contribution < -0.4 is 5.73 Å². The van der Waals surface area contributed by atoms with Crippen LogP contribution in [-0.2, 0) is 0 Å². The summed E-state index contributed by atoms with van der Waals surface area (Å²) in [7, 11) is 0. The van der Waals surface area contributed by atoms with Gasteiger partial charge < -0.3 is 5.73 Å². The van der Waals surface area contributed by atoms with E-state index in [-0.39, 0.29) is 20.4 Å². The SMILES string of the molecule is C.C.CC.CCC.CCCC(C)C(CC)C1(C)CCC2C(CCC3CCCCC32N)C1(C)C. The molecule has 3 aliphatic rings. The first-order valence-corrected chi connectivity index (χ1v) is 14.4. The Morgan fingerprint density at radius 2 is 1.39 bits per heavy atom. The van der Waals surface area contributed by atoms with E-state index in [4.69, 9.17) is 5.73 Å². The number of hydrogen-bond donors (Lipinski definition) is 1. The van der Waals surface area contributed by atoms with Crippen LogP contribution in [0.15, 0.2) is 0 Å². The summed E-state index contributed by atoms with van der Waals surface area (Å²) in [6, 6.07) is 0. The second-order valence-corrected chi connectivity index (χ2v) is 12.0. The van der Waals surface area contributed by atoms with Crippen LogP contribution in [0.5, 0.6) is 0 Å². The molecule has 1 heteroatoms. The van der Waals surface area contributed by atoms with Gasteiger partial charge in [0.25, 0.3) is 0 Å². The maximum atomic E-state index is 7.24. The van der Waals surface area contributed by atoms with Crippen molar-refractivity contribution in [3.8, 4) is 0 Å². The number of hydrogen-bond acceptors (Lipinski definition) is 1. The lowest BCUT2D eigenvalue weighted by molar-refractivity contribution is -0.153.